The second-order valence-electron chi connectivity index (χ2n) is 7.62. The minimum absolute atomic E-state index is 0.0487. The van der Waals surface area contributed by atoms with Crippen molar-refractivity contribution >= 4 is 40.5 Å². The lowest BCUT2D eigenvalue weighted by atomic mass is 10.1. The normalized spacial score (nSPS) is 15.8. The molecular weight excluding hydrogens is 414 g/mol. The van der Waals surface area contributed by atoms with Crippen molar-refractivity contribution in [3.63, 3.8) is 0 Å². The average molecular weight is 437 g/mol. The third-order valence-corrected chi connectivity index (χ3v) is 5.34. The van der Waals surface area contributed by atoms with Crippen LogP contribution < -0.4 is 10.2 Å². The summed E-state index contributed by atoms with van der Waals surface area (Å²) in [7, 11) is 1.59. The van der Waals surface area contributed by atoms with Gasteiger partial charge < -0.3 is 25.4 Å². The Morgan fingerprint density at radius 1 is 1.25 bits per heavy atom. The molecule has 2 heterocycles. The standard InChI is InChI=1S/C22H23N5O5/c1-26-12-14-10-13(6-7-15(14)23-18(21(26)32)11-19(29)30)20(31)27(8-9-28)22-24-16-4-2-3-5-17(16)25-22/h2-7,10,18,23,28H,8-9,11-12H2,1H3,(H,24,25)(H,29,30). The van der Waals surface area contributed by atoms with Gasteiger partial charge in [0.2, 0.25) is 11.9 Å². The van der Waals surface area contributed by atoms with Gasteiger partial charge >= 0.3 is 5.97 Å². The number of carbonyl (C=O) groups excluding carboxylic acids is 2. The number of anilines is 2. The molecule has 10 nitrogen and oxygen atoms in total. The highest BCUT2D eigenvalue weighted by molar-refractivity contribution is 6.06. The van der Waals surface area contributed by atoms with Crippen molar-refractivity contribution in [2.75, 3.05) is 30.4 Å². The van der Waals surface area contributed by atoms with Gasteiger partial charge in [-0.25, -0.2) is 4.98 Å². The summed E-state index contributed by atoms with van der Waals surface area (Å²) in [6.45, 7) is 0.0273. The van der Waals surface area contributed by atoms with Crippen LogP contribution in [0.15, 0.2) is 42.5 Å². The molecule has 1 aliphatic heterocycles. The van der Waals surface area contributed by atoms with E-state index in [0.717, 1.165) is 5.52 Å². The Morgan fingerprint density at radius 3 is 2.75 bits per heavy atom. The number of aliphatic hydroxyl groups excluding tert-OH is 1. The Kier molecular flexibility index (Phi) is 5.78. The number of rotatable bonds is 6. The topological polar surface area (TPSA) is 139 Å². The third-order valence-electron chi connectivity index (χ3n) is 5.34. The molecule has 0 aliphatic carbocycles. The molecule has 2 aromatic carbocycles. The summed E-state index contributed by atoms with van der Waals surface area (Å²) in [4.78, 5) is 47.3. The van der Waals surface area contributed by atoms with Crippen molar-refractivity contribution in [2.45, 2.75) is 19.0 Å². The monoisotopic (exact) mass is 437 g/mol. The molecule has 166 valence electrons. The van der Waals surface area contributed by atoms with E-state index in [1.807, 2.05) is 24.3 Å². The number of hydrogen-bond acceptors (Lipinski definition) is 6. The van der Waals surface area contributed by atoms with E-state index in [0.29, 0.717) is 28.3 Å². The Hall–Kier alpha value is -3.92. The van der Waals surface area contributed by atoms with Gasteiger partial charge in [-0.3, -0.25) is 19.3 Å². The lowest BCUT2D eigenvalue weighted by Crippen LogP contribution is -2.39. The largest absolute Gasteiger partial charge is 0.481 e. The SMILES string of the molecule is CN1Cc2cc(C(=O)N(CCO)c3nc4ccccc4[nH]3)ccc2NC(CC(=O)O)C1=O. The van der Waals surface area contributed by atoms with Crippen LogP contribution in [-0.2, 0) is 16.1 Å². The van der Waals surface area contributed by atoms with E-state index in [1.165, 1.54) is 9.80 Å². The van der Waals surface area contributed by atoms with Crippen LogP contribution in [0.3, 0.4) is 0 Å². The fraction of sp³-hybridized carbons (Fsp3) is 0.273. The minimum atomic E-state index is -1.08. The number of aromatic nitrogens is 2. The number of nitrogens with one attached hydrogen (secondary N) is 2. The van der Waals surface area contributed by atoms with E-state index >= 15 is 0 Å². The maximum Gasteiger partial charge on any atom is 0.305 e. The van der Waals surface area contributed by atoms with Crippen LogP contribution in [0.1, 0.15) is 22.3 Å². The van der Waals surface area contributed by atoms with Crippen LogP contribution in [0, 0.1) is 0 Å². The van der Waals surface area contributed by atoms with E-state index in [9.17, 15) is 19.5 Å². The highest BCUT2D eigenvalue weighted by Gasteiger charge is 2.30. The molecule has 4 N–H and O–H groups in total. The summed E-state index contributed by atoms with van der Waals surface area (Å²) >= 11 is 0. The molecule has 10 heteroatoms. The summed E-state index contributed by atoms with van der Waals surface area (Å²) in [6, 6.07) is 11.4. The van der Waals surface area contributed by atoms with Crippen molar-refractivity contribution in [1.82, 2.24) is 14.9 Å². The van der Waals surface area contributed by atoms with Crippen molar-refractivity contribution in [2.24, 2.45) is 0 Å². The maximum absolute atomic E-state index is 13.3. The van der Waals surface area contributed by atoms with Crippen molar-refractivity contribution in [3.05, 3.63) is 53.6 Å². The van der Waals surface area contributed by atoms with Gasteiger partial charge in [-0.2, -0.15) is 0 Å². The lowest BCUT2D eigenvalue weighted by molar-refractivity contribution is -0.141. The molecule has 0 spiro atoms. The first-order valence-electron chi connectivity index (χ1n) is 10.1. The number of likely N-dealkylation sites (N-methyl/N-ethyl adjacent to an activating group) is 1. The quantitative estimate of drug-likeness (QED) is 0.457. The predicted molar refractivity (Wildman–Crippen MR) is 117 cm³/mol. The second-order valence-corrected chi connectivity index (χ2v) is 7.62. The van der Waals surface area contributed by atoms with Gasteiger partial charge in [0.25, 0.3) is 5.91 Å². The number of imidazole rings is 1. The first-order chi connectivity index (χ1) is 15.4. The van der Waals surface area contributed by atoms with Gasteiger partial charge in [0.1, 0.15) is 6.04 Å². The lowest BCUT2D eigenvalue weighted by Gasteiger charge is -2.20. The number of aromatic amines is 1. The Bertz CT molecular complexity index is 1160. The van der Waals surface area contributed by atoms with Crippen molar-refractivity contribution < 1.29 is 24.6 Å². The van der Waals surface area contributed by atoms with Crippen LogP contribution in [0.5, 0.6) is 0 Å². The van der Waals surface area contributed by atoms with Crippen LogP contribution in [-0.4, -0.2) is 69.1 Å². The fourth-order valence-electron chi connectivity index (χ4n) is 3.79. The molecule has 4 rings (SSSR count). The molecule has 0 fully saturated rings. The highest BCUT2D eigenvalue weighted by Crippen LogP contribution is 2.26. The number of carboxylic acids is 1. The summed E-state index contributed by atoms with van der Waals surface area (Å²) in [5, 5.41) is 21.6. The number of para-hydroxylation sites is 2. The molecule has 32 heavy (non-hydrogen) atoms. The predicted octanol–water partition coefficient (Wildman–Crippen LogP) is 1.43. The van der Waals surface area contributed by atoms with E-state index < -0.39 is 12.0 Å². The Labute approximate surface area is 183 Å². The van der Waals surface area contributed by atoms with Gasteiger partial charge in [-0.1, -0.05) is 12.1 Å². The number of hydrogen-bond donors (Lipinski definition) is 4. The number of aliphatic carboxylic acids is 1. The van der Waals surface area contributed by atoms with Crippen LogP contribution in [0.25, 0.3) is 11.0 Å². The smallest absolute Gasteiger partial charge is 0.305 e. The molecule has 1 aliphatic rings. The molecule has 0 saturated heterocycles. The van der Waals surface area contributed by atoms with E-state index in [-0.39, 0.29) is 37.9 Å². The van der Waals surface area contributed by atoms with Crippen molar-refractivity contribution in [1.29, 1.82) is 0 Å². The van der Waals surface area contributed by atoms with Gasteiger partial charge in [-0.05, 0) is 35.9 Å². The number of aliphatic hydroxyl groups is 1. The molecule has 2 amide bonds. The van der Waals surface area contributed by atoms with Gasteiger partial charge in [0.15, 0.2) is 0 Å². The maximum atomic E-state index is 13.3. The average Bonchev–Trinajstić information content (AvgIpc) is 3.16. The Morgan fingerprint density at radius 2 is 2.03 bits per heavy atom. The van der Waals surface area contributed by atoms with Crippen LogP contribution in [0.4, 0.5) is 11.6 Å². The number of amides is 2. The Balaban J connectivity index is 1.66. The molecule has 3 aromatic rings. The zero-order chi connectivity index (χ0) is 22.8. The minimum Gasteiger partial charge on any atom is -0.481 e. The van der Waals surface area contributed by atoms with Gasteiger partial charge in [-0.15, -0.1) is 0 Å². The molecule has 1 aromatic heterocycles. The van der Waals surface area contributed by atoms with E-state index in [2.05, 4.69) is 15.3 Å². The number of nitrogens with zero attached hydrogens (tertiary/aromatic N) is 3. The molecule has 1 atom stereocenters. The summed E-state index contributed by atoms with van der Waals surface area (Å²) in [5.74, 6) is -1.45. The van der Waals surface area contributed by atoms with Crippen LogP contribution >= 0.6 is 0 Å². The molecule has 0 bridgehead atoms. The second kappa shape index (κ2) is 8.67. The van der Waals surface area contributed by atoms with Crippen molar-refractivity contribution in [3.8, 4) is 0 Å². The first-order valence-corrected chi connectivity index (χ1v) is 10.1. The fourth-order valence-corrected chi connectivity index (χ4v) is 3.79. The molecule has 0 saturated carbocycles. The van der Waals surface area contributed by atoms with Gasteiger partial charge in [0.05, 0.1) is 30.6 Å². The van der Waals surface area contributed by atoms with E-state index in [4.69, 9.17) is 5.11 Å². The summed E-state index contributed by atoms with van der Waals surface area (Å²) in [5.41, 5.74) is 3.12. The zero-order valence-corrected chi connectivity index (χ0v) is 17.4. The number of fused-ring (bicyclic) bond motifs is 2. The summed E-state index contributed by atoms with van der Waals surface area (Å²) in [6.07, 6.45) is -0.348. The number of benzene rings is 2. The van der Waals surface area contributed by atoms with Crippen LogP contribution in [0.2, 0.25) is 0 Å². The molecule has 0 radical (unpaired) electrons. The highest BCUT2D eigenvalue weighted by atomic mass is 16.4. The third kappa shape index (κ3) is 4.12. The molecular formula is C22H23N5O5. The summed E-state index contributed by atoms with van der Waals surface area (Å²) < 4.78 is 0. The van der Waals surface area contributed by atoms with E-state index in [1.54, 1.807) is 25.2 Å². The zero-order valence-electron chi connectivity index (χ0n) is 17.4. The number of H-pyrrole nitrogens is 1. The molecule has 1 unspecified atom stereocenters. The number of carbonyl (C=O) groups is 3. The first kappa shape index (κ1) is 21.3. The van der Waals surface area contributed by atoms with Gasteiger partial charge in [0, 0.05) is 24.8 Å². The number of carboxylic acid groups (broad SMARTS) is 1.